The summed E-state index contributed by atoms with van der Waals surface area (Å²) in [4.78, 5) is 23.8. The predicted molar refractivity (Wildman–Crippen MR) is 139 cm³/mol. The molecule has 5 nitrogen and oxygen atoms in total. The topological polar surface area (TPSA) is 57.9 Å². The normalized spacial score (nSPS) is 16.2. The molecule has 0 N–H and O–H groups in total. The van der Waals surface area contributed by atoms with Crippen molar-refractivity contribution in [3.63, 3.8) is 0 Å². The fraction of sp³-hybridized carbons (Fsp3) is 0.154. The van der Waals surface area contributed by atoms with E-state index in [1.54, 1.807) is 18.0 Å². The number of aliphatic imine (C=N–C) groups is 1. The number of hydrogen-bond acceptors (Lipinski definition) is 6. The number of hydrogen-bond donors (Lipinski definition) is 0. The van der Waals surface area contributed by atoms with Gasteiger partial charge in [0, 0.05) is 16.9 Å². The highest BCUT2D eigenvalue weighted by molar-refractivity contribution is 8.00. The quantitative estimate of drug-likeness (QED) is 0.241. The van der Waals surface area contributed by atoms with E-state index in [4.69, 9.17) is 5.10 Å². The number of hydrazone groups is 1. The number of nitrogens with zero attached hydrogens (tertiary/aromatic N) is 4. The van der Waals surface area contributed by atoms with Crippen LogP contribution in [0.2, 0.25) is 0 Å². The highest BCUT2D eigenvalue weighted by Gasteiger charge is 2.37. The molecule has 0 radical (unpaired) electrons. The Kier molecular flexibility index (Phi) is 6.07. The Hall–Kier alpha value is -3.29. The number of thioether (sulfide) groups is 1. The Morgan fingerprint density at radius 1 is 1.00 bits per heavy atom. The van der Waals surface area contributed by atoms with Crippen LogP contribution in [0.5, 0.6) is 0 Å². The fourth-order valence-corrected chi connectivity index (χ4v) is 5.26. The second-order valence-corrected chi connectivity index (χ2v) is 9.96. The van der Waals surface area contributed by atoms with Gasteiger partial charge in [-0.25, -0.2) is 4.98 Å². The molecular formula is C26H22N4OS2. The Morgan fingerprint density at radius 2 is 1.70 bits per heavy atom. The lowest BCUT2D eigenvalue weighted by Crippen LogP contribution is -2.28. The van der Waals surface area contributed by atoms with Crippen molar-refractivity contribution in [3.05, 3.63) is 83.9 Å². The van der Waals surface area contributed by atoms with Crippen molar-refractivity contribution in [2.45, 2.75) is 18.7 Å². The first-order valence-electron chi connectivity index (χ1n) is 10.6. The van der Waals surface area contributed by atoms with E-state index in [0.29, 0.717) is 10.9 Å². The Balaban J connectivity index is 1.44. The van der Waals surface area contributed by atoms with E-state index in [9.17, 15) is 4.79 Å². The molecule has 1 aliphatic heterocycles. The fourth-order valence-electron chi connectivity index (χ4n) is 3.45. The average molecular weight is 471 g/mol. The van der Waals surface area contributed by atoms with Crippen molar-refractivity contribution >= 4 is 62.0 Å². The summed E-state index contributed by atoms with van der Waals surface area (Å²) >= 11 is 3.14. The maximum absolute atomic E-state index is 13.4. The monoisotopic (exact) mass is 470 g/mol. The molecule has 1 aliphatic rings. The third-order valence-corrected chi connectivity index (χ3v) is 7.40. The molecule has 1 atom stereocenters. The molecule has 7 heteroatoms. The van der Waals surface area contributed by atoms with E-state index in [0.717, 1.165) is 26.5 Å². The summed E-state index contributed by atoms with van der Waals surface area (Å²) in [6, 6.07) is 24.2. The Labute approximate surface area is 200 Å². The zero-order valence-electron chi connectivity index (χ0n) is 18.3. The van der Waals surface area contributed by atoms with E-state index in [1.807, 2.05) is 55.5 Å². The smallest absolute Gasteiger partial charge is 0.263 e. The molecule has 4 aromatic rings. The van der Waals surface area contributed by atoms with Crippen LogP contribution in [-0.4, -0.2) is 28.6 Å². The number of fused-ring (bicyclic) bond motifs is 1. The first-order chi connectivity index (χ1) is 16.1. The summed E-state index contributed by atoms with van der Waals surface area (Å²) in [6.07, 6.45) is 1.72. The molecule has 0 spiro atoms. The van der Waals surface area contributed by atoms with Crippen LogP contribution < -0.4 is 5.01 Å². The van der Waals surface area contributed by atoms with E-state index in [-0.39, 0.29) is 5.91 Å². The van der Waals surface area contributed by atoms with Gasteiger partial charge in [0.05, 0.1) is 21.6 Å². The molecule has 0 aliphatic carbocycles. The van der Waals surface area contributed by atoms with Gasteiger partial charge in [0.2, 0.25) is 5.13 Å². The molecule has 0 saturated heterocycles. The molecule has 2 heterocycles. The third-order valence-electron chi connectivity index (χ3n) is 5.34. The van der Waals surface area contributed by atoms with E-state index >= 15 is 0 Å². The van der Waals surface area contributed by atoms with Gasteiger partial charge in [0.25, 0.3) is 5.91 Å². The first kappa shape index (κ1) is 21.6. The molecule has 1 aromatic heterocycles. The second kappa shape index (κ2) is 9.29. The van der Waals surface area contributed by atoms with Crippen LogP contribution in [0.1, 0.15) is 11.1 Å². The van der Waals surface area contributed by atoms with Gasteiger partial charge in [-0.3, -0.25) is 9.79 Å². The van der Waals surface area contributed by atoms with Crippen LogP contribution in [-0.2, 0) is 4.79 Å². The molecule has 3 aromatic carbocycles. The van der Waals surface area contributed by atoms with Crippen LogP contribution in [0, 0.1) is 19.8 Å². The van der Waals surface area contributed by atoms with Gasteiger partial charge in [0.1, 0.15) is 5.92 Å². The number of benzene rings is 3. The number of carbonyl (C=O) groups is 1. The average Bonchev–Trinajstić information content (AvgIpc) is 3.39. The minimum absolute atomic E-state index is 0.121. The summed E-state index contributed by atoms with van der Waals surface area (Å²) in [6.45, 7) is 4.11. The summed E-state index contributed by atoms with van der Waals surface area (Å²) in [5, 5.41) is 6.75. The molecule has 1 amide bonds. The van der Waals surface area contributed by atoms with E-state index in [2.05, 4.69) is 41.2 Å². The lowest BCUT2D eigenvalue weighted by Gasteiger charge is -2.08. The summed E-state index contributed by atoms with van der Waals surface area (Å²) in [5.74, 6) is -0.0403. The van der Waals surface area contributed by atoms with Gasteiger partial charge in [0.15, 0.2) is 0 Å². The summed E-state index contributed by atoms with van der Waals surface area (Å²) < 4.78 is 1.03. The first-order valence-corrected chi connectivity index (χ1v) is 12.4. The van der Waals surface area contributed by atoms with Crippen molar-refractivity contribution in [3.8, 4) is 0 Å². The molecule has 1 unspecified atom stereocenters. The summed E-state index contributed by atoms with van der Waals surface area (Å²) in [5.41, 5.74) is 4.86. The maximum Gasteiger partial charge on any atom is 0.263 e. The highest BCUT2D eigenvalue weighted by Crippen LogP contribution is 2.33. The van der Waals surface area contributed by atoms with Crippen LogP contribution >= 0.6 is 23.1 Å². The van der Waals surface area contributed by atoms with Crippen molar-refractivity contribution in [2.24, 2.45) is 16.0 Å². The Bertz CT molecular complexity index is 1320. The van der Waals surface area contributed by atoms with Crippen LogP contribution in [0.3, 0.4) is 0 Å². The van der Waals surface area contributed by atoms with Gasteiger partial charge < -0.3 is 0 Å². The minimum atomic E-state index is -0.517. The van der Waals surface area contributed by atoms with Gasteiger partial charge in [-0.1, -0.05) is 58.9 Å². The maximum atomic E-state index is 13.4. The van der Waals surface area contributed by atoms with Crippen LogP contribution in [0.25, 0.3) is 10.2 Å². The van der Waals surface area contributed by atoms with Crippen molar-refractivity contribution in [1.82, 2.24) is 4.98 Å². The zero-order valence-corrected chi connectivity index (χ0v) is 19.9. The van der Waals surface area contributed by atoms with Gasteiger partial charge >= 0.3 is 0 Å². The number of rotatable bonds is 6. The number of aryl methyl sites for hydroxylation is 2. The largest absolute Gasteiger partial charge is 0.271 e. The van der Waals surface area contributed by atoms with Crippen molar-refractivity contribution in [2.75, 3.05) is 10.8 Å². The SMILES string of the molecule is Cc1ccc(N=CC2C(=O)N(c3nc4ccccc4s3)N=C2CSc2ccc(C)cc2)cc1. The number of para-hydroxylation sites is 1. The van der Waals surface area contributed by atoms with Crippen LogP contribution in [0.15, 0.2) is 87.8 Å². The van der Waals surface area contributed by atoms with Crippen molar-refractivity contribution < 1.29 is 4.79 Å². The van der Waals surface area contributed by atoms with Gasteiger partial charge in [-0.2, -0.15) is 10.1 Å². The standard InChI is InChI=1S/C26H22N4OS2/c1-17-7-11-19(12-8-17)27-15-21-23(16-32-20-13-9-18(2)10-14-20)29-30(25(21)31)26-28-22-5-3-4-6-24(22)33-26/h3-15,21H,16H2,1-2H3. The molecule has 0 fully saturated rings. The van der Waals surface area contributed by atoms with E-state index in [1.165, 1.54) is 27.5 Å². The summed E-state index contributed by atoms with van der Waals surface area (Å²) in [7, 11) is 0. The number of carbonyl (C=O) groups excluding carboxylic acids is 1. The molecule has 0 saturated carbocycles. The number of anilines is 1. The number of amides is 1. The molecule has 164 valence electrons. The molecular weight excluding hydrogens is 448 g/mol. The molecule has 5 rings (SSSR count). The zero-order chi connectivity index (χ0) is 22.8. The predicted octanol–water partition coefficient (Wildman–Crippen LogP) is 6.43. The van der Waals surface area contributed by atoms with E-state index < -0.39 is 5.92 Å². The third kappa shape index (κ3) is 4.74. The lowest BCUT2D eigenvalue weighted by atomic mass is 10.1. The molecule has 0 bridgehead atoms. The highest BCUT2D eigenvalue weighted by atomic mass is 32.2. The van der Waals surface area contributed by atoms with Gasteiger partial charge in [-0.15, -0.1) is 11.8 Å². The number of aromatic nitrogens is 1. The van der Waals surface area contributed by atoms with Crippen LogP contribution in [0.4, 0.5) is 10.8 Å². The molecule has 33 heavy (non-hydrogen) atoms. The van der Waals surface area contributed by atoms with Crippen molar-refractivity contribution in [1.29, 1.82) is 0 Å². The minimum Gasteiger partial charge on any atom is -0.271 e. The van der Waals surface area contributed by atoms with Gasteiger partial charge in [-0.05, 0) is 50.2 Å². The Morgan fingerprint density at radius 3 is 2.42 bits per heavy atom. The lowest BCUT2D eigenvalue weighted by molar-refractivity contribution is -0.118. The second-order valence-electron chi connectivity index (χ2n) is 7.90. The number of thiazole rings is 1.